The number of hydrogen-bond donors (Lipinski definition) is 2. The summed E-state index contributed by atoms with van der Waals surface area (Å²) in [6, 6.07) is 5.65. The van der Waals surface area contributed by atoms with Crippen molar-refractivity contribution >= 4 is 34.9 Å². The van der Waals surface area contributed by atoms with Crippen molar-refractivity contribution in [3.63, 3.8) is 0 Å². The van der Waals surface area contributed by atoms with Gasteiger partial charge < -0.3 is 24.6 Å². The number of amides is 2. The van der Waals surface area contributed by atoms with Gasteiger partial charge in [0.25, 0.3) is 11.5 Å². The normalized spacial score (nSPS) is 18.5. The minimum atomic E-state index is -4.61. The molecule has 8 rings (SSSR count). The number of carbonyl (C=O) groups is 2. The predicted molar refractivity (Wildman–Crippen MR) is 179 cm³/mol. The molecular weight excluding hydrogens is 707 g/mol. The molecule has 1 spiro atoms. The van der Waals surface area contributed by atoms with Crippen LogP contribution in [0.3, 0.4) is 0 Å². The third kappa shape index (κ3) is 5.67. The lowest BCUT2D eigenvalue weighted by Gasteiger charge is -2.39. The van der Waals surface area contributed by atoms with E-state index in [0.717, 1.165) is 18.2 Å². The van der Waals surface area contributed by atoms with Crippen LogP contribution in [0.15, 0.2) is 53.7 Å². The van der Waals surface area contributed by atoms with E-state index in [9.17, 15) is 32.7 Å². The first-order valence-electron chi connectivity index (χ1n) is 16.6. The molecule has 1 atom stereocenters. The second kappa shape index (κ2) is 12.4. The molecule has 6 heterocycles. The van der Waals surface area contributed by atoms with E-state index < -0.39 is 34.5 Å². The number of halogens is 4. The first-order chi connectivity index (χ1) is 24.8. The number of rotatable bonds is 6. The van der Waals surface area contributed by atoms with Gasteiger partial charge in [-0.1, -0.05) is 18.5 Å². The molecule has 1 unspecified atom stereocenters. The Balaban J connectivity index is 1.17. The highest BCUT2D eigenvalue weighted by atomic mass is 35.5. The third-order valence-corrected chi connectivity index (χ3v) is 10.5. The van der Waals surface area contributed by atoms with Crippen molar-refractivity contribution < 1.29 is 32.6 Å². The molecule has 0 radical (unpaired) electrons. The van der Waals surface area contributed by atoms with Crippen molar-refractivity contribution in [2.45, 2.75) is 56.3 Å². The van der Waals surface area contributed by atoms with E-state index in [1.165, 1.54) is 22.8 Å². The fourth-order valence-corrected chi connectivity index (χ4v) is 7.83. The maximum absolute atomic E-state index is 14.5. The van der Waals surface area contributed by atoms with Gasteiger partial charge in [-0.25, -0.2) is 4.98 Å². The van der Waals surface area contributed by atoms with Gasteiger partial charge in [0.05, 0.1) is 47.3 Å². The van der Waals surface area contributed by atoms with Gasteiger partial charge >= 0.3 is 6.18 Å². The number of pyridine rings is 1. The summed E-state index contributed by atoms with van der Waals surface area (Å²) < 4.78 is 49.6. The molecule has 2 amide bonds. The minimum absolute atomic E-state index is 0.0107. The molecule has 3 aliphatic rings. The van der Waals surface area contributed by atoms with E-state index in [4.69, 9.17) is 21.3 Å². The standard InChI is InChI=1S/C34H31ClF3N9O5/c1-18-12-33(6-9-44(10-7-33)31(51)27-24(48)3-2-8-39-27)26-28(18)45(15-25(49)41-23-5-4-20(11-22(23)35)34(36,37)38)32-42-29(43-47(32)30(26)50)19-13-40-46(14-19)21-16-52-17-21/h2-5,8,11,13-14,18,21,48H,6-7,9-10,12,15-17H2,1H3,(H,41,49). The van der Waals surface area contributed by atoms with Crippen molar-refractivity contribution in [3.8, 4) is 17.1 Å². The van der Waals surface area contributed by atoms with Gasteiger partial charge in [0.15, 0.2) is 11.5 Å². The lowest BCUT2D eigenvalue weighted by atomic mass is 9.73. The van der Waals surface area contributed by atoms with Crippen molar-refractivity contribution in [3.05, 3.63) is 86.8 Å². The molecule has 0 saturated carbocycles. The maximum atomic E-state index is 14.5. The van der Waals surface area contributed by atoms with Crippen LogP contribution in [0.25, 0.3) is 17.2 Å². The Morgan fingerprint density at radius 2 is 1.94 bits per heavy atom. The van der Waals surface area contributed by atoms with Gasteiger partial charge in [-0.3, -0.25) is 19.1 Å². The number of nitrogens with zero attached hydrogens (tertiary/aromatic N) is 8. The molecule has 5 aromatic rings. The molecule has 52 heavy (non-hydrogen) atoms. The number of benzene rings is 1. The monoisotopic (exact) mass is 737 g/mol. The van der Waals surface area contributed by atoms with Gasteiger partial charge in [0.2, 0.25) is 11.7 Å². The van der Waals surface area contributed by atoms with Crippen LogP contribution < -0.4 is 10.9 Å². The summed E-state index contributed by atoms with van der Waals surface area (Å²) in [5, 5.41) is 21.6. The van der Waals surface area contributed by atoms with Crippen LogP contribution >= 0.6 is 11.6 Å². The minimum Gasteiger partial charge on any atom is -0.505 e. The van der Waals surface area contributed by atoms with E-state index in [0.29, 0.717) is 49.3 Å². The predicted octanol–water partition coefficient (Wildman–Crippen LogP) is 4.42. The average Bonchev–Trinajstić information content (AvgIpc) is 3.80. The average molecular weight is 738 g/mol. The second-order valence-corrected chi connectivity index (χ2v) is 13.9. The van der Waals surface area contributed by atoms with Crippen LogP contribution in [-0.2, 0) is 27.7 Å². The van der Waals surface area contributed by atoms with Gasteiger partial charge in [-0.05, 0) is 55.5 Å². The zero-order valence-corrected chi connectivity index (χ0v) is 28.4. The van der Waals surface area contributed by atoms with Crippen LogP contribution in [0.2, 0.25) is 5.02 Å². The number of alkyl halides is 3. The van der Waals surface area contributed by atoms with Crippen LogP contribution in [0.4, 0.5) is 18.9 Å². The number of hydrogen-bond acceptors (Lipinski definition) is 9. The highest BCUT2D eigenvalue weighted by Gasteiger charge is 2.49. The Bertz CT molecular complexity index is 2310. The molecular formula is C34H31ClF3N9O5. The van der Waals surface area contributed by atoms with Crippen LogP contribution in [0, 0.1) is 0 Å². The van der Waals surface area contributed by atoms with Gasteiger partial charge in [0, 0.05) is 42.2 Å². The molecule has 270 valence electrons. The molecule has 1 aromatic carbocycles. The Morgan fingerprint density at radius 3 is 2.62 bits per heavy atom. The summed E-state index contributed by atoms with van der Waals surface area (Å²) in [4.78, 5) is 51.8. The van der Waals surface area contributed by atoms with E-state index in [1.54, 1.807) is 26.5 Å². The van der Waals surface area contributed by atoms with E-state index in [-0.39, 0.29) is 65.3 Å². The Hall–Kier alpha value is -5.29. The number of aromatic hydroxyl groups is 1. The lowest BCUT2D eigenvalue weighted by molar-refractivity contribution is -0.137. The summed E-state index contributed by atoms with van der Waals surface area (Å²) >= 11 is 6.15. The Labute approximate surface area is 297 Å². The molecule has 0 bridgehead atoms. The number of likely N-dealkylation sites (tertiary alicyclic amines) is 1. The fourth-order valence-electron chi connectivity index (χ4n) is 7.61. The van der Waals surface area contributed by atoms with Crippen molar-refractivity contribution in [2.24, 2.45) is 0 Å². The SMILES string of the molecule is CC1CC2(CCN(C(=O)c3ncccc3O)CC2)c2c1n(CC(=O)Nc1ccc(C(F)(F)F)cc1Cl)c1nc(-c3cnn(C4COC4)c3)nn1c2=O. The number of fused-ring (bicyclic) bond motifs is 3. The first-order valence-corrected chi connectivity index (χ1v) is 17.0. The quantitative estimate of drug-likeness (QED) is 0.257. The van der Waals surface area contributed by atoms with E-state index >= 15 is 0 Å². The number of aromatic nitrogens is 7. The highest BCUT2D eigenvalue weighted by Crippen LogP contribution is 2.50. The second-order valence-electron chi connectivity index (χ2n) is 13.5. The Kier molecular flexibility index (Phi) is 8.09. The summed E-state index contributed by atoms with van der Waals surface area (Å²) in [5.74, 6) is -1.15. The van der Waals surface area contributed by atoms with Crippen LogP contribution in [0.5, 0.6) is 5.75 Å². The van der Waals surface area contributed by atoms with Gasteiger partial charge in [0.1, 0.15) is 12.3 Å². The van der Waals surface area contributed by atoms with Crippen molar-refractivity contribution in [1.29, 1.82) is 0 Å². The molecule has 14 nitrogen and oxygen atoms in total. The summed E-state index contributed by atoms with van der Waals surface area (Å²) in [6.45, 7) is 3.21. The topological polar surface area (TPSA) is 162 Å². The van der Waals surface area contributed by atoms with Gasteiger partial charge in [-0.15, -0.1) is 5.10 Å². The zero-order valence-electron chi connectivity index (χ0n) is 27.6. The molecule has 2 N–H and O–H groups in total. The highest BCUT2D eigenvalue weighted by molar-refractivity contribution is 6.33. The van der Waals surface area contributed by atoms with Crippen LogP contribution in [-0.4, -0.2) is 82.1 Å². The molecule has 18 heteroatoms. The number of piperidine rings is 1. The van der Waals surface area contributed by atoms with E-state index in [2.05, 4.69) is 20.5 Å². The first kappa shape index (κ1) is 33.8. The molecule has 1 aliphatic carbocycles. The van der Waals surface area contributed by atoms with Crippen molar-refractivity contribution in [1.82, 2.24) is 38.8 Å². The van der Waals surface area contributed by atoms with E-state index in [1.807, 2.05) is 6.92 Å². The number of nitrogens with one attached hydrogen (secondary N) is 1. The molecule has 2 aliphatic heterocycles. The van der Waals surface area contributed by atoms with Crippen molar-refractivity contribution in [2.75, 3.05) is 31.6 Å². The third-order valence-electron chi connectivity index (χ3n) is 10.2. The van der Waals surface area contributed by atoms with Crippen LogP contribution in [0.1, 0.15) is 65.5 Å². The summed E-state index contributed by atoms with van der Waals surface area (Å²) in [6.07, 6.45) is 1.58. The zero-order chi connectivity index (χ0) is 36.5. The fraction of sp³-hybridized carbons (Fsp3) is 0.382. The maximum Gasteiger partial charge on any atom is 0.416 e. The Morgan fingerprint density at radius 1 is 1.17 bits per heavy atom. The molecule has 4 aromatic heterocycles. The number of anilines is 1. The largest absolute Gasteiger partial charge is 0.505 e. The smallest absolute Gasteiger partial charge is 0.416 e. The summed E-state index contributed by atoms with van der Waals surface area (Å²) in [7, 11) is 0. The lowest BCUT2D eigenvalue weighted by Crippen LogP contribution is -2.46. The summed E-state index contributed by atoms with van der Waals surface area (Å²) in [5.41, 5.74) is -0.461. The molecule has 2 saturated heterocycles. The number of carbonyl (C=O) groups excluding carboxylic acids is 2. The number of ether oxygens (including phenoxy) is 1. The molecule has 2 fully saturated rings. The van der Waals surface area contributed by atoms with Gasteiger partial charge in [-0.2, -0.15) is 27.8 Å².